The minimum absolute atomic E-state index is 0.423. The number of halogens is 3. The molecule has 1 aromatic heterocycles. The van der Waals surface area contributed by atoms with Crippen LogP contribution in [0.25, 0.3) is 6.08 Å². The van der Waals surface area contributed by atoms with Crippen molar-refractivity contribution < 1.29 is 18.0 Å². The van der Waals surface area contributed by atoms with Crippen LogP contribution in [0.1, 0.15) is 28.7 Å². The third kappa shape index (κ3) is 2.49. The van der Waals surface area contributed by atoms with Crippen molar-refractivity contribution in [2.75, 3.05) is 0 Å². The number of nitrogens with one attached hydrogen (secondary N) is 1. The molecule has 2 nitrogen and oxygen atoms in total. The summed E-state index contributed by atoms with van der Waals surface area (Å²) in [6.07, 6.45) is -1.53. The van der Waals surface area contributed by atoms with E-state index in [1.807, 2.05) is 0 Å². The van der Waals surface area contributed by atoms with Gasteiger partial charge in [-0.15, -0.1) is 0 Å². The van der Waals surface area contributed by atoms with Gasteiger partial charge in [0.05, 0.1) is 5.69 Å². The van der Waals surface area contributed by atoms with E-state index in [0.717, 1.165) is 0 Å². The maximum absolute atomic E-state index is 12.1. The van der Waals surface area contributed by atoms with Gasteiger partial charge in [0.2, 0.25) is 0 Å². The first-order chi connectivity index (χ1) is 6.86. The highest BCUT2D eigenvalue weighted by atomic mass is 19.4. The maximum Gasteiger partial charge on any atom is 0.456 e. The molecule has 0 aliphatic heterocycles. The fraction of sp³-hybridized carbons (Fsp3) is 0.300. The second kappa shape index (κ2) is 3.92. The van der Waals surface area contributed by atoms with Crippen molar-refractivity contribution >= 4 is 11.9 Å². The standard InChI is InChI=1S/C10H10F3NO/c1-3-4-7-6(2)5-8(14-7)9(15)10(11,12)13/h3-5,14H,1-2H3/b4-3+. The molecule has 0 aromatic carbocycles. The van der Waals surface area contributed by atoms with Gasteiger partial charge in [-0.25, -0.2) is 0 Å². The largest absolute Gasteiger partial charge is 0.456 e. The molecule has 1 rings (SSSR count). The molecule has 1 aromatic rings. The van der Waals surface area contributed by atoms with Crippen molar-refractivity contribution in [2.45, 2.75) is 20.0 Å². The zero-order chi connectivity index (χ0) is 11.6. The van der Waals surface area contributed by atoms with Crippen molar-refractivity contribution in [3.05, 3.63) is 29.1 Å². The lowest BCUT2D eigenvalue weighted by atomic mass is 10.2. The Morgan fingerprint density at radius 2 is 2.07 bits per heavy atom. The minimum Gasteiger partial charge on any atom is -0.352 e. The summed E-state index contributed by atoms with van der Waals surface area (Å²) in [6.45, 7) is 3.38. The van der Waals surface area contributed by atoms with Crippen LogP contribution in [-0.4, -0.2) is 16.9 Å². The van der Waals surface area contributed by atoms with Crippen LogP contribution in [0.5, 0.6) is 0 Å². The van der Waals surface area contributed by atoms with Gasteiger partial charge in [0.1, 0.15) is 0 Å². The second-order valence-corrected chi connectivity index (χ2v) is 3.11. The van der Waals surface area contributed by atoms with Crippen LogP contribution in [0.2, 0.25) is 0 Å². The summed E-state index contributed by atoms with van der Waals surface area (Å²) in [5, 5.41) is 0. The van der Waals surface area contributed by atoms with Gasteiger partial charge in [-0.2, -0.15) is 13.2 Å². The van der Waals surface area contributed by atoms with Gasteiger partial charge in [-0.1, -0.05) is 6.08 Å². The van der Waals surface area contributed by atoms with E-state index in [0.29, 0.717) is 11.3 Å². The number of hydrogen-bond donors (Lipinski definition) is 1. The van der Waals surface area contributed by atoms with Gasteiger partial charge in [0.15, 0.2) is 0 Å². The number of aromatic nitrogens is 1. The first-order valence-electron chi connectivity index (χ1n) is 4.30. The van der Waals surface area contributed by atoms with Gasteiger partial charge in [-0.05, 0) is 31.6 Å². The molecule has 0 fully saturated rings. The molecule has 15 heavy (non-hydrogen) atoms. The Kier molecular flexibility index (Phi) is 3.02. The fourth-order valence-electron chi connectivity index (χ4n) is 1.19. The summed E-state index contributed by atoms with van der Waals surface area (Å²) in [5.74, 6) is -1.85. The van der Waals surface area contributed by atoms with E-state index in [-0.39, 0.29) is 0 Å². The van der Waals surface area contributed by atoms with Gasteiger partial charge in [-0.3, -0.25) is 4.79 Å². The molecular weight excluding hydrogens is 207 g/mol. The number of Topliss-reactive ketones (excluding diaryl/α,β-unsaturated/α-hetero) is 1. The lowest BCUT2D eigenvalue weighted by Crippen LogP contribution is -2.22. The molecule has 0 radical (unpaired) electrons. The quantitative estimate of drug-likeness (QED) is 0.758. The molecule has 82 valence electrons. The Morgan fingerprint density at radius 1 is 1.47 bits per heavy atom. The molecular formula is C10H10F3NO. The number of carbonyl (C=O) groups excluding carboxylic acids is 1. The average molecular weight is 217 g/mol. The predicted octanol–water partition coefficient (Wildman–Crippen LogP) is 3.10. The summed E-state index contributed by atoms with van der Waals surface area (Å²) in [6, 6.07) is 1.20. The Labute approximate surface area is 84.8 Å². The fourth-order valence-corrected chi connectivity index (χ4v) is 1.19. The van der Waals surface area contributed by atoms with E-state index in [9.17, 15) is 18.0 Å². The van der Waals surface area contributed by atoms with Crippen molar-refractivity contribution in [3.8, 4) is 0 Å². The monoisotopic (exact) mass is 217 g/mol. The molecule has 0 aliphatic rings. The number of carbonyl (C=O) groups is 1. The van der Waals surface area contributed by atoms with Crippen molar-refractivity contribution in [2.24, 2.45) is 0 Å². The van der Waals surface area contributed by atoms with Gasteiger partial charge >= 0.3 is 6.18 Å². The van der Waals surface area contributed by atoms with E-state index >= 15 is 0 Å². The Bertz CT molecular complexity index is 401. The smallest absolute Gasteiger partial charge is 0.352 e. The highest BCUT2D eigenvalue weighted by Crippen LogP contribution is 2.22. The molecule has 1 heterocycles. The average Bonchev–Trinajstić information content (AvgIpc) is 2.46. The molecule has 1 N–H and O–H groups in total. The van der Waals surface area contributed by atoms with E-state index < -0.39 is 17.7 Å². The molecule has 0 spiro atoms. The summed E-state index contributed by atoms with van der Waals surface area (Å²) in [4.78, 5) is 13.3. The van der Waals surface area contributed by atoms with Crippen molar-refractivity contribution in [1.29, 1.82) is 0 Å². The highest BCUT2D eigenvalue weighted by Gasteiger charge is 2.40. The third-order valence-electron chi connectivity index (χ3n) is 1.89. The summed E-state index contributed by atoms with van der Waals surface area (Å²) < 4.78 is 36.2. The van der Waals surface area contributed by atoms with Crippen LogP contribution in [0.15, 0.2) is 12.1 Å². The summed E-state index contributed by atoms with van der Waals surface area (Å²) in [5.41, 5.74) is 0.707. The molecule has 0 bridgehead atoms. The Balaban J connectivity index is 3.08. The number of allylic oxidation sites excluding steroid dienone is 1. The molecule has 0 unspecified atom stereocenters. The number of ketones is 1. The van der Waals surface area contributed by atoms with Crippen LogP contribution in [0.3, 0.4) is 0 Å². The Morgan fingerprint density at radius 3 is 2.53 bits per heavy atom. The molecule has 0 saturated heterocycles. The number of aromatic amines is 1. The zero-order valence-electron chi connectivity index (χ0n) is 8.27. The number of H-pyrrole nitrogens is 1. The molecule has 0 amide bonds. The molecule has 0 saturated carbocycles. The number of aryl methyl sites for hydroxylation is 1. The molecule has 0 atom stereocenters. The summed E-state index contributed by atoms with van der Waals surface area (Å²) >= 11 is 0. The first-order valence-corrected chi connectivity index (χ1v) is 4.30. The van der Waals surface area contributed by atoms with E-state index in [2.05, 4.69) is 4.98 Å². The van der Waals surface area contributed by atoms with Crippen molar-refractivity contribution in [1.82, 2.24) is 4.98 Å². The summed E-state index contributed by atoms with van der Waals surface area (Å²) in [7, 11) is 0. The van der Waals surface area contributed by atoms with Crippen LogP contribution in [-0.2, 0) is 0 Å². The highest BCUT2D eigenvalue weighted by molar-refractivity contribution is 5.99. The minimum atomic E-state index is -4.83. The Hall–Kier alpha value is -1.52. The number of hydrogen-bond acceptors (Lipinski definition) is 1. The molecule has 5 heteroatoms. The van der Waals surface area contributed by atoms with E-state index in [4.69, 9.17) is 0 Å². The van der Waals surface area contributed by atoms with Crippen LogP contribution < -0.4 is 0 Å². The normalized spacial score (nSPS) is 12.3. The third-order valence-corrected chi connectivity index (χ3v) is 1.89. The number of rotatable bonds is 2. The topological polar surface area (TPSA) is 32.9 Å². The first kappa shape index (κ1) is 11.6. The van der Waals surface area contributed by atoms with Crippen LogP contribution in [0, 0.1) is 6.92 Å². The van der Waals surface area contributed by atoms with Gasteiger partial charge in [0.25, 0.3) is 5.78 Å². The predicted molar refractivity (Wildman–Crippen MR) is 50.6 cm³/mol. The SMILES string of the molecule is C/C=C/c1[nH]c(C(=O)C(F)(F)F)cc1C. The van der Waals surface area contributed by atoms with Gasteiger partial charge in [0, 0.05) is 5.69 Å². The zero-order valence-corrected chi connectivity index (χ0v) is 8.27. The molecule has 0 aliphatic carbocycles. The lowest BCUT2D eigenvalue weighted by molar-refractivity contribution is -0.0887. The van der Waals surface area contributed by atoms with Crippen LogP contribution in [0.4, 0.5) is 13.2 Å². The van der Waals surface area contributed by atoms with Crippen LogP contribution >= 0.6 is 0 Å². The lowest BCUT2D eigenvalue weighted by Gasteiger charge is -2.01. The van der Waals surface area contributed by atoms with E-state index in [1.54, 1.807) is 26.0 Å². The maximum atomic E-state index is 12.1. The van der Waals surface area contributed by atoms with E-state index in [1.165, 1.54) is 6.07 Å². The van der Waals surface area contributed by atoms with Crippen molar-refractivity contribution in [3.63, 3.8) is 0 Å². The second-order valence-electron chi connectivity index (χ2n) is 3.11. The van der Waals surface area contributed by atoms with Gasteiger partial charge < -0.3 is 4.98 Å². The number of alkyl halides is 3.